The average Bonchev–Trinajstić information content (AvgIpc) is 2.74. The van der Waals surface area contributed by atoms with Gasteiger partial charge in [0.2, 0.25) is 0 Å². The van der Waals surface area contributed by atoms with Crippen molar-refractivity contribution in [3.05, 3.63) is 29.3 Å². The van der Waals surface area contributed by atoms with Crippen LogP contribution >= 0.6 is 12.2 Å². The maximum absolute atomic E-state index is 5.36. The van der Waals surface area contributed by atoms with Crippen LogP contribution in [0.4, 0.5) is 0 Å². The van der Waals surface area contributed by atoms with Gasteiger partial charge in [0.15, 0.2) is 10.6 Å². The van der Waals surface area contributed by atoms with E-state index in [9.17, 15) is 0 Å². The van der Waals surface area contributed by atoms with Gasteiger partial charge in [-0.25, -0.2) is 0 Å². The smallest absolute Gasteiger partial charge is 0.195 e. The molecule has 1 N–H and O–H groups in total. The minimum Gasteiger partial charge on any atom is -0.297 e. The molecule has 0 fully saturated rings. The van der Waals surface area contributed by atoms with Crippen molar-refractivity contribution in [1.29, 1.82) is 0 Å². The van der Waals surface area contributed by atoms with E-state index in [2.05, 4.69) is 40.5 Å². The van der Waals surface area contributed by atoms with E-state index in [1.54, 1.807) is 12.4 Å². The number of nitrogens with one attached hydrogen (secondary N) is 1. The molecule has 0 aliphatic heterocycles. The summed E-state index contributed by atoms with van der Waals surface area (Å²) in [5.74, 6) is 1.41. The number of aromatic amines is 1. The van der Waals surface area contributed by atoms with Crippen molar-refractivity contribution in [2.75, 3.05) is 0 Å². The molecule has 2 rings (SSSR count). The number of aromatic nitrogens is 4. The first kappa shape index (κ1) is 13.0. The van der Waals surface area contributed by atoms with Crippen LogP contribution in [-0.4, -0.2) is 19.7 Å². The predicted octanol–water partition coefficient (Wildman–Crippen LogP) is 3.61. The van der Waals surface area contributed by atoms with Crippen molar-refractivity contribution in [2.45, 2.75) is 33.2 Å². The molecule has 96 valence electrons. The van der Waals surface area contributed by atoms with Gasteiger partial charge in [-0.1, -0.05) is 20.8 Å². The van der Waals surface area contributed by atoms with Crippen LogP contribution in [0.3, 0.4) is 0 Å². The minimum absolute atomic E-state index is 0.361. The zero-order chi connectivity index (χ0) is 13.1. The summed E-state index contributed by atoms with van der Waals surface area (Å²) in [4.78, 5) is 4.03. The van der Waals surface area contributed by atoms with Gasteiger partial charge in [-0.2, -0.15) is 5.10 Å². The SMILES string of the molecule is CCC(C(C)C)n1c(-c2ccncc2)n[nH]c1=S. The maximum atomic E-state index is 5.36. The van der Waals surface area contributed by atoms with Crippen LogP contribution in [0.2, 0.25) is 0 Å². The summed E-state index contributed by atoms with van der Waals surface area (Å²) in [7, 11) is 0. The Balaban J connectivity index is 2.55. The van der Waals surface area contributed by atoms with E-state index in [1.165, 1.54) is 0 Å². The zero-order valence-corrected chi connectivity index (χ0v) is 11.7. The van der Waals surface area contributed by atoms with Crippen LogP contribution in [0.25, 0.3) is 11.4 Å². The van der Waals surface area contributed by atoms with E-state index in [-0.39, 0.29) is 0 Å². The third kappa shape index (κ3) is 2.36. The number of hydrogen-bond acceptors (Lipinski definition) is 3. The summed E-state index contributed by atoms with van der Waals surface area (Å²) in [6, 6.07) is 4.27. The van der Waals surface area contributed by atoms with Crippen LogP contribution in [0.5, 0.6) is 0 Å². The second kappa shape index (κ2) is 5.44. The molecular formula is C13H18N4S. The maximum Gasteiger partial charge on any atom is 0.195 e. The second-order valence-electron chi connectivity index (χ2n) is 4.68. The van der Waals surface area contributed by atoms with Gasteiger partial charge in [0, 0.05) is 24.0 Å². The highest BCUT2D eigenvalue weighted by Gasteiger charge is 2.19. The summed E-state index contributed by atoms with van der Waals surface area (Å²) in [5, 5.41) is 7.26. The van der Waals surface area contributed by atoms with E-state index >= 15 is 0 Å². The van der Waals surface area contributed by atoms with Gasteiger partial charge in [-0.3, -0.25) is 14.6 Å². The summed E-state index contributed by atoms with van der Waals surface area (Å²) in [6.45, 7) is 6.59. The summed E-state index contributed by atoms with van der Waals surface area (Å²) in [5.41, 5.74) is 1.04. The van der Waals surface area contributed by atoms with Crippen molar-refractivity contribution in [2.24, 2.45) is 5.92 Å². The Kier molecular flexibility index (Phi) is 3.91. The lowest BCUT2D eigenvalue weighted by Crippen LogP contribution is -2.15. The van der Waals surface area contributed by atoms with Crippen LogP contribution in [-0.2, 0) is 0 Å². The Hall–Kier alpha value is -1.49. The molecule has 0 saturated carbocycles. The van der Waals surface area contributed by atoms with Crippen LogP contribution < -0.4 is 0 Å². The third-order valence-corrected chi connectivity index (χ3v) is 3.45. The van der Waals surface area contributed by atoms with E-state index in [0.717, 1.165) is 17.8 Å². The quantitative estimate of drug-likeness (QED) is 0.856. The first-order valence-corrected chi connectivity index (χ1v) is 6.63. The highest BCUT2D eigenvalue weighted by atomic mass is 32.1. The van der Waals surface area contributed by atoms with Gasteiger partial charge in [0.05, 0.1) is 0 Å². The van der Waals surface area contributed by atoms with Crippen LogP contribution in [0.1, 0.15) is 33.2 Å². The molecule has 0 aliphatic carbocycles. The van der Waals surface area contributed by atoms with E-state index in [1.807, 2.05) is 12.1 Å². The molecule has 0 bridgehead atoms. The van der Waals surface area contributed by atoms with Crippen molar-refractivity contribution in [3.8, 4) is 11.4 Å². The van der Waals surface area contributed by atoms with Gasteiger partial charge in [0.25, 0.3) is 0 Å². The lowest BCUT2D eigenvalue weighted by atomic mass is 10.0. The molecule has 0 amide bonds. The van der Waals surface area contributed by atoms with Gasteiger partial charge in [-0.05, 0) is 36.7 Å². The lowest BCUT2D eigenvalue weighted by molar-refractivity contribution is 0.365. The summed E-state index contributed by atoms with van der Waals surface area (Å²) >= 11 is 5.36. The number of nitrogens with zero attached hydrogens (tertiary/aromatic N) is 3. The molecule has 0 spiro atoms. The Bertz CT molecular complexity index is 556. The van der Waals surface area contributed by atoms with Gasteiger partial charge < -0.3 is 0 Å². The molecule has 18 heavy (non-hydrogen) atoms. The molecule has 0 radical (unpaired) electrons. The van der Waals surface area contributed by atoms with Crippen LogP contribution in [0.15, 0.2) is 24.5 Å². The average molecular weight is 262 g/mol. The molecule has 4 nitrogen and oxygen atoms in total. The van der Waals surface area contributed by atoms with E-state index in [0.29, 0.717) is 16.7 Å². The second-order valence-corrected chi connectivity index (χ2v) is 5.06. The molecule has 0 aromatic carbocycles. The van der Waals surface area contributed by atoms with Crippen molar-refractivity contribution >= 4 is 12.2 Å². The largest absolute Gasteiger partial charge is 0.297 e. The molecule has 5 heteroatoms. The predicted molar refractivity (Wildman–Crippen MR) is 74.8 cm³/mol. The van der Waals surface area contributed by atoms with Crippen molar-refractivity contribution in [1.82, 2.24) is 19.7 Å². The molecular weight excluding hydrogens is 244 g/mol. The molecule has 0 saturated heterocycles. The summed E-state index contributed by atoms with van der Waals surface area (Å²) in [6.07, 6.45) is 4.57. The van der Waals surface area contributed by atoms with E-state index in [4.69, 9.17) is 12.2 Å². The zero-order valence-electron chi connectivity index (χ0n) is 10.9. The fourth-order valence-electron chi connectivity index (χ4n) is 2.27. The molecule has 0 aliphatic rings. The number of hydrogen-bond donors (Lipinski definition) is 1. The highest BCUT2D eigenvalue weighted by molar-refractivity contribution is 7.71. The van der Waals surface area contributed by atoms with Crippen molar-refractivity contribution in [3.63, 3.8) is 0 Å². The van der Waals surface area contributed by atoms with Gasteiger partial charge in [-0.15, -0.1) is 0 Å². The third-order valence-electron chi connectivity index (χ3n) is 3.16. The molecule has 2 aromatic heterocycles. The Labute approximate surface area is 112 Å². The monoisotopic (exact) mass is 262 g/mol. The molecule has 2 aromatic rings. The van der Waals surface area contributed by atoms with Crippen LogP contribution in [0, 0.1) is 10.7 Å². The van der Waals surface area contributed by atoms with Gasteiger partial charge in [0.1, 0.15) is 0 Å². The fourth-order valence-corrected chi connectivity index (χ4v) is 2.54. The fraction of sp³-hybridized carbons (Fsp3) is 0.462. The standard InChI is InChI=1S/C13H18N4S/c1-4-11(9(2)3)17-12(15-16-13(17)18)10-5-7-14-8-6-10/h5-9,11H,4H2,1-3H3,(H,16,18). The van der Waals surface area contributed by atoms with Crippen molar-refractivity contribution < 1.29 is 0 Å². The topological polar surface area (TPSA) is 46.5 Å². The minimum atomic E-state index is 0.361. The Morgan fingerprint density at radius 3 is 2.56 bits per heavy atom. The number of pyridine rings is 1. The Morgan fingerprint density at radius 1 is 1.33 bits per heavy atom. The van der Waals surface area contributed by atoms with Gasteiger partial charge >= 0.3 is 0 Å². The number of H-pyrrole nitrogens is 1. The Morgan fingerprint density at radius 2 is 2.00 bits per heavy atom. The number of rotatable bonds is 4. The first-order chi connectivity index (χ1) is 8.65. The highest BCUT2D eigenvalue weighted by Crippen LogP contribution is 2.27. The summed E-state index contributed by atoms with van der Waals surface area (Å²) < 4.78 is 2.80. The molecule has 1 atom stereocenters. The lowest BCUT2D eigenvalue weighted by Gasteiger charge is -2.22. The molecule has 1 unspecified atom stereocenters. The normalized spacial score (nSPS) is 12.9. The first-order valence-electron chi connectivity index (χ1n) is 6.22. The van der Waals surface area contributed by atoms with E-state index < -0.39 is 0 Å². The molecule has 2 heterocycles.